The number of rotatable bonds is 6. The van der Waals surface area contributed by atoms with Crippen LogP contribution in [-0.4, -0.2) is 41.1 Å². The first-order valence-electron chi connectivity index (χ1n) is 11.4. The quantitative estimate of drug-likeness (QED) is 0.303. The standard InChI is InChI=1S/C25H21F4N9/c1-3-31-21-8-14(17-5-4-16(26)10-18(17)24-36-32-13-37(24)2)9-22(35-21)38-12-15(11-33-38)23-19(25(27,28)29)6-7-20(30)34-23/h4-13H,3H2,1-2H3,(H2,30,34)(H,31,35). The molecule has 194 valence electrons. The van der Waals surface area contributed by atoms with E-state index in [1.165, 1.54) is 35.5 Å². The smallest absolute Gasteiger partial charge is 0.384 e. The number of pyridine rings is 2. The Kier molecular flexibility index (Phi) is 6.27. The lowest BCUT2D eigenvalue weighted by atomic mass is 9.99. The molecule has 4 aromatic heterocycles. The maximum absolute atomic E-state index is 14.2. The van der Waals surface area contributed by atoms with Crippen molar-refractivity contribution in [3.05, 3.63) is 72.6 Å². The summed E-state index contributed by atoms with van der Waals surface area (Å²) < 4.78 is 58.1. The molecular weight excluding hydrogens is 502 g/mol. The van der Waals surface area contributed by atoms with Gasteiger partial charge in [-0.1, -0.05) is 6.07 Å². The van der Waals surface area contributed by atoms with Crippen molar-refractivity contribution >= 4 is 11.6 Å². The Labute approximate surface area is 214 Å². The number of halogens is 4. The molecule has 5 aromatic rings. The van der Waals surface area contributed by atoms with Crippen molar-refractivity contribution in [3.8, 4) is 39.6 Å². The predicted octanol–water partition coefficient (Wildman–Crippen LogP) is 4.96. The Balaban J connectivity index is 1.64. The molecule has 5 rings (SSSR count). The third-order valence-corrected chi connectivity index (χ3v) is 5.73. The number of aryl methyl sites for hydroxylation is 1. The molecule has 0 amide bonds. The normalized spacial score (nSPS) is 11.6. The number of alkyl halides is 3. The van der Waals surface area contributed by atoms with Crippen molar-refractivity contribution in [2.24, 2.45) is 7.05 Å². The molecule has 0 bridgehead atoms. The maximum Gasteiger partial charge on any atom is 0.418 e. The van der Waals surface area contributed by atoms with Crippen LogP contribution in [0.4, 0.5) is 29.2 Å². The van der Waals surface area contributed by atoms with Gasteiger partial charge < -0.3 is 15.6 Å². The first-order chi connectivity index (χ1) is 18.1. The molecule has 0 aliphatic carbocycles. The lowest BCUT2D eigenvalue weighted by Crippen LogP contribution is -2.09. The van der Waals surface area contributed by atoms with Crippen LogP contribution in [0.3, 0.4) is 0 Å². The number of nitrogen functional groups attached to an aromatic ring is 1. The second-order valence-corrected chi connectivity index (χ2v) is 8.39. The van der Waals surface area contributed by atoms with E-state index >= 15 is 0 Å². The van der Waals surface area contributed by atoms with Gasteiger partial charge in [0.15, 0.2) is 11.6 Å². The molecule has 1 aromatic carbocycles. The molecule has 0 fully saturated rings. The van der Waals surface area contributed by atoms with Gasteiger partial charge in [0.1, 0.15) is 23.8 Å². The molecule has 0 aliphatic heterocycles. The largest absolute Gasteiger partial charge is 0.418 e. The van der Waals surface area contributed by atoms with Gasteiger partial charge in [0.05, 0.1) is 17.5 Å². The summed E-state index contributed by atoms with van der Waals surface area (Å²) in [6.45, 7) is 2.45. The molecule has 0 saturated heterocycles. The summed E-state index contributed by atoms with van der Waals surface area (Å²) in [6.07, 6.45) is -0.460. The van der Waals surface area contributed by atoms with Gasteiger partial charge in [0.2, 0.25) is 0 Å². The van der Waals surface area contributed by atoms with Crippen LogP contribution in [0.5, 0.6) is 0 Å². The highest BCUT2D eigenvalue weighted by Gasteiger charge is 2.35. The van der Waals surface area contributed by atoms with Gasteiger partial charge >= 0.3 is 6.18 Å². The molecule has 38 heavy (non-hydrogen) atoms. The molecule has 13 heteroatoms. The first kappa shape index (κ1) is 24.9. The number of nitrogens with two attached hydrogens (primary N) is 1. The molecule has 0 radical (unpaired) electrons. The summed E-state index contributed by atoms with van der Waals surface area (Å²) in [5, 5.41) is 15.4. The molecular formula is C25H21F4N9. The summed E-state index contributed by atoms with van der Waals surface area (Å²) in [4.78, 5) is 8.46. The minimum absolute atomic E-state index is 0.0529. The van der Waals surface area contributed by atoms with E-state index < -0.39 is 17.6 Å². The fourth-order valence-corrected chi connectivity index (χ4v) is 4.03. The van der Waals surface area contributed by atoms with E-state index in [1.807, 2.05) is 6.92 Å². The lowest BCUT2D eigenvalue weighted by molar-refractivity contribution is -0.137. The van der Waals surface area contributed by atoms with Crippen molar-refractivity contribution in [3.63, 3.8) is 0 Å². The van der Waals surface area contributed by atoms with E-state index in [2.05, 4.69) is 30.6 Å². The number of hydrogen-bond acceptors (Lipinski definition) is 7. The Morgan fingerprint density at radius 1 is 1.00 bits per heavy atom. The zero-order valence-electron chi connectivity index (χ0n) is 20.2. The zero-order chi connectivity index (χ0) is 27.0. The minimum Gasteiger partial charge on any atom is -0.384 e. The van der Waals surface area contributed by atoms with Crippen molar-refractivity contribution in [2.45, 2.75) is 13.1 Å². The lowest BCUT2D eigenvalue weighted by Gasteiger charge is -2.13. The van der Waals surface area contributed by atoms with Gasteiger partial charge in [-0.05, 0) is 54.4 Å². The summed E-state index contributed by atoms with van der Waals surface area (Å²) in [6, 6.07) is 9.78. The molecule has 0 atom stereocenters. The molecule has 0 saturated carbocycles. The number of aromatic nitrogens is 7. The average molecular weight is 523 g/mol. The van der Waals surface area contributed by atoms with Crippen LogP contribution in [0.2, 0.25) is 0 Å². The van der Waals surface area contributed by atoms with Crippen LogP contribution in [0.15, 0.2) is 61.2 Å². The van der Waals surface area contributed by atoms with Gasteiger partial charge in [0, 0.05) is 30.9 Å². The van der Waals surface area contributed by atoms with Gasteiger partial charge in [-0.2, -0.15) is 18.3 Å². The van der Waals surface area contributed by atoms with Crippen LogP contribution in [-0.2, 0) is 13.2 Å². The van der Waals surface area contributed by atoms with Gasteiger partial charge in [-0.25, -0.2) is 19.0 Å². The number of hydrogen-bond donors (Lipinski definition) is 2. The number of anilines is 2. The molecule has 0 aliphatic rings. The third kappa shape index (κ3) is 4.77. The summed E-state index contributed by atoms with van der Waals surface area (Å²) in [5.41, 5.74) is 6.33. The van der Waals surface area contributed by atoms with E-state index in [4.69, 9.17) is 5.73 Å². The Morgan fingerprint density at radius 2 is 1.82 bits per heavy atom. The molecule has 0 unspecified atom stereocenters. The van der Waals surface area contributed by atoms with Crippen molar-refractivity contribution in [1.82, 2.24) is 34.5 Å². The van der Waals surface area contributed by atoms with Crippen LogP contribution in [0.25, 0.3) is 39.6 Å². The predicted molar refractivity (Wildman–Crippen MR) is 134 cm³/mol. The van der Waals surface area contributed by atoms with Crippen molar-refractivity contribution < 1.29 is 17.6 Å². The SMILES string of the molecule is CCNc1cc(-c2ccc(F)cc2-c2nncn2C)cc(-n2cc(-c3nc(N)ccc3C(F)(F)F)cn2)n1. The number of nitrogens with one attached hydrogen (secondary N) is 1. The fourth-order valence-electron chi connectivity index (χ4n) is 4.03. The fraction of sp³-hybridized carbons (Fsp3) is 0.160. The van der Waals surface area contributed by atoms with Gasteiger partial charge in [0.25, 0.3) is 0 Å². The van der Waals surface area contributed by atoms with E-state index in [-0.39, 0.29) is 17.1 Å². The highest BCUT2D eigenvalue weighted by molar-refractivity contribution is 5.82. The maximum atomic E-state index is 14.2. The second-order valence-electron chi connectivity index (χ2n) is 8.39. The Bertz CT molecular complexity index is 1620. The molecule has 9 nitrogen and oxygen atoms in total. The highest BCUT2D eigenvalue weighted by atomic mass is 19.4. The van der Waals surface area contributed by atoms with Crippen molar-refractivity contribution in [2.75, 3.05) is 17.6 Å². The third-order valence-electron chi connectivity index (χ3n) is 5.73. The topological polar surface area (TPSA) is 112 Å². The first-order valence-corrected chi connectivity index (χ1v) is 11.4. The van der Waals surface area contributed by atoms with E-state index in [9.17, 15) is 17.6 Å². The van der Waals surface area contributed by atoms with Crippen molar-refractivity contribution in [1.29, 1.82) is 0 Å². The Morgan fingerprint density at radius 3 is 2.53 bits per heavy atom. The second kappa shape index (κ2) is 9.57. The molecule has 0 spiro atoms. The van der Waals surface area contributed by atoms with E-state index in [0.29, 0.717) is 40.7 Å². The average Bonchev–Trinajstić information content (AvgIpc) is 3.53. The monoisotopic (exact) mass is 523 g/mol. The number of benzene rings is 1. The van der Waals surface area contributed by atoms with Gasteiger partial charge in [-0.3, -0.25) is 0 Å². The summed E-state index contributed by atoms with van der Waals surface area (Å²) >= 11 is 0. The zero-order valence-corrected chi connectivity index (χ0v) is 20.2. The van der Waals surface area contributed by atoms with Crippen LogP contribution in [0.1, 0.15) is 12.5 Å². The Hall–Kier alpha value is -4.81. The van der Waals surface area contributed by atoms with Crippen LogP contribution >= 0.6 is 0 Å². The molecule has 3 N–H and O–H groups in total. The highest BCUT2D eigenvalue weighted by Crippen LogP contribution is 2.37. The molecule has 4 heterocycles. The van der Waals surface area contributed by atoms with E-state index in [1.54, 1.807) is 29.8 Å². The van der Waals surface area contributed by atoms with Crippen LogP contribution in [0, 0.1) is 5.82 Å². The minimum atomic E-state index is -4.63. The summed E-state index contributed by atoms with van der Waals surface area (Å²) in [5.74, 6) is 0.762. The van der Waals surface area contributed by atoms with E-state index in [0.717, 1.165) is 12.1 Å². The van der Waals surface area contributed by atoms with Gasteiger partial charge in [-0.15, -0.1) is 10.2 Å². The number of nitrogens with zero attached hydrogens (tertiary/aromatic N) is 7. The summed E-state index contributed by atoms with van der Waals surface area (Å²) in [7, 11) is 1.75. The van der Waals surface area contributed by atoms with Crippen LogP contribution < -0.4 is 11.1 Å².